The van der Waals surface area contributed by atoms with Crippen LogP contribution in [0.5, 0.6) is 0 Å². The van der Waals surface area contributed by atoms with Gasteiger partial charge < -0.3 is 4.74 Å². The van der Waals surface area contributed by atoms with Crippen molar-refractivity contribution in [1.82, 2.24) is 0 Å². The van der Waals surface area contributed by atoms with Crippen LogP contribution in [-0.4, -0.2) is 12.6 Å². The van der Waals surface area contributed by atoms with Gasteiger partial charge in [-0.1, -0.05) is 77.0 Å². The fourth-order valence-corrected chi connectivity index (χ4v) is 2.24. The molecule has 0 aliphatic carbocycles. The summed E-state index contributed by atoms with van der Waals surface area (Å²) in [5.74, 6) is -0.306. The van der Waals surface area contributed by atoms with Crippen molar-refractivity contribution in [2.24, 2.45) is 0 Å². The van der Waals surface area contributed by atoms with E-state index in [9.17, 15) is 4.79 Å². The molecule has 0 saturated heterocycles. The lowest BCUT2D eigenvalue weighted by Gasteiger charge is -2.03. The normalized spacial score (nSPS) is 10.9. The van der Waals surface area contributed by atoms with Crippen LogP contribution >= 0.6 is 0 Å². The molecule has 0 N–H and O–H groups in total. The molecule has 0 aliphatic rings. The van der Waals surface area contributed by atoms with E-state index >= 15 is 0 Å². The first-order valence-corrected chi connectivity index (χ1v) is 8.75. The average molecular weight is 294 g/mol. The van der Waals surface area contributed by atoms with E-state index in [0.29, 0.717) is 6.61 Å². The Kier molecular flexibility index (Phi) is 16.2. The van der Waals surface area contributed by atoms with Gasteiger partial charge in [0, 0.05) is 6.08 Å². The van der Waals surface area contributed by atoms with Crippen LogP contribution in [0.2, 0.25) is 0 Å². The maximum absolute atomic E-state index is 10.8. The van der Waals surface area contributed by atoms with Crippen LogP contribution in [0.25, 0.3) is 0 Å². The smallest absolute Gasteiger partial charge is 0.330 e. The van der Waals surface area contributed by atoms with Crippen LogP contribution in [0.1, 0.15) is 84.0 Å². The molecule has 2 nitrogen and oxygen atoms in total. The van der Waals surface area contributed by atoms with E-state index in [2.05, 4.69) is 25.7 Å². The summed E-state index contributed by atoms with van der Waals surface area (Å²) in [7, 11) is 0. The molecule has 0 aromatic carbocycles. The molecule has 0 rings (SSSR count). The van der Waals surface area contributed by atoms with E-state index in [4.69, 9.17) is 4.74 Å². The number of allylic oxidation sites excluding steroid dienone is 2. The zero-order valence-electron chi connectivity index (χ0n) is 13.9. The topological polar surface area (TPSA) is 26.3 Å². The summed E-state index contributed by atoms with van der Waals surface area (Å²) in [6.45, 7) is 6.13. The van der Waals surface area contributed by atoms with Gasteiger partial charge in [-0.15, -0.1) is 0 Å². The van der Waals surface area contributed by atoms with Crippen LogP contribution in [-0.2, 0) is 9.53 Å². The van der Waals surface area contributed by atoms with E-state index < -0.39 is 0 Å². The Morgan fingerprint density at radius 3 is 1.95 bits per heavy atom. The van der Waals surface area contributed by atoms with Gasteiger partial charge in [0.1, 0.15) is 0 Å². The minimum atomic E-state index is -0.306. The Hall–Kier alpha value is -1.05. The molecule has 0 bridgehead atoms. The number of unbranched alkanes of at least 4 members (excludes halogenated alkanes) is 10. The van der Waals surface area contributed by atoms with Crippen molar-refractivity contribution >= 4 is 5.97 Å². The third kappa shape index (κ3) is 16.9. The molecule has 0 saturated carbocycles. The fourth-order valence-electron chi connectivity index (χ4n) is 2.24. The summed E-state index contributed by atoms with van der Waals surface area (Å²) in [6, 6.07) is 0. The van der Waals surface area contributed by atoms with Crippen molar-refractivity contribution in [3.8, 4) is 0 Å². The number of rotatable bonds is 15. The van der Waals surface area contributed by atoms with Gasteiger partial charge in [0.2, 0.25) is 0 Å². The van der Waals surface area contributed by atoms with Gasteiger partial charge >= 0.3 is 5.97 Å². The predicted molar refractivity (Wildman–Crippen MR) is 91.4 cm³/mol. The van der Waals surface area contributed by atoms with Crippen LogP contribution in [0.4, 0.5) is 0 Å². The quantitative estimate of drug-likeness (QED) is 0.161. The predicted octanol–water partition coefficient (Wildman–Crippen LogP) is 5.97. The molecule has 0 aliphatic heterocycles. The number of esters is 1. The molecule has 122 valence electrons. The van der Waals surface area contributed by atoms with Crippen LogP contribution < -0.4 is 0 Å². The molecular formula is C19H34O2. The van der Waals surface area contributed by atoms with Crippen molar-refractivity contribution in [1.29, 1.82) is 0 Å². The lowest BCUT2D eigenvalue weighted by molar-refractivity contribution is -0.137. The summed E-state index contributed by atoms with van der Waals surface area (Å²) in [5.41, 5.74) is 0. The Bertz CT molecular complexity index is 269. The standard InChI is InChI=1S/C19H34O2/c1-3-5-6-7-8-9-10-11-12-13-14-15-16-17-18-21-19(20)4-2/h4,6-7H,2-3,5,8-18H2,1H3/b7-6+. The second-order valence-electron chi connectivity index (χ2n) is 5.60. The molecule has 0 atom stereocenters. The first kappa shape index (κ1) is 19.9. The molecule has 0 heterocycles. The monoisotopic (exact) mass is 294 g/mol. The Morgan fingerprint density at radius 2 is 1.38 bits per heavy atom. The highest BCUT2D eigenvalue weighted by Gasteiger charge is 1.95. The average Bonchev–Trinajstić information content (AvgIpc) is 2.50. The maximum atomic E-state index is 10.8. The van der Waals surface area contributed by atoms with Crippen molar-refractivity contribution in [3.05, 3.63) is 24.8 Å². The lowest BCUT2D eigenvalue weighted by atomic mass is 10.1. The van der Waals surface area contributed by atoms with Gasteiger partial charge in [0.15, 0.2) is 0 Å². The highest BCUT2D eigenvalue weighted by Crippen LogP contribution is 2.11. The molecule has 0 aromatic rings. The van der Waals surface area contributed by atoms with Gasteiger partial charge in [0.05, 0.1) is 6.61 Å². The van der Waals surface area contributed by atoms with E-state index in [1.165, 1.54) is 70.3 Å². The van der Waals surface area contributed by atoms with E-state index in [-0.39, 0.29) is 5.97 Å². The number of ether oxygens (including phenoxy) is 1. The Morgan fingerprint density at radius 1 is 0.857 bits per heavy atom. The van der Waals surface area contributed by atoms with E-state index in [1.807, 2.05) is 0 Å². The Labute approximate surface area is 131 Å². The summed E-state index contributed by atoms with van der Waals surface area (Å²) in [6.07, 6.45) is 21.1. The van der Waals surface area contributed by atoms with Crippen LogP contribution in [0.3, 0.4) is 0 Å². The number of carbonyl (C=O) groups is 1. The molecule has 0 amide bonds. The summed E-state index contributed by atoms with van der Waals surface area (Å²) < 4.78 is 4.94. The second-order valence-corrected chi connectivity index (χ2v) is 5.60. The van der Waals surface area contributed by atoms with Gasteiger partial charge in [0.25, 0.3) is 0 Å². The van der Waals surface area contributed by atoms with Crippen molar-refractivity contribution in [2.75, 3.05) is 6.61 Å². The number of hydrogen-bond acceptors (Lipinski definition) is 2. The van der Waals surface area contributed by atoms with Crippen molar-refractivity contribution < 1.29 is 9.53 Å². The van der Waals surface area contributed by atoms with Gasteiger partial charge in [-0.2, -0.15) is 0 Å². The summed E-state index contributed by atoms with van der Waals surface area (Å²) in [4.78, 5) is 10.8. The second kappa shape index (κ2) is 17.0. The van der Waals surface area contributed by atoms with Gasteiger partial charge in [-0.05, 0) is 25.7 Å². The third-order valence-electron chi connectivity index (χ3n) is 3.55. The van der Waals surface area contributed by atoms with Crippen molar-refractivity contribution in [2.45, 2.75) is 84.0 Å². The Balaban J connectivity index is 3.05. The molecule has 0 spiro atoms. The highest BCUT2D eigenvalue weighted by molar-refractivity contribution is 5.81. The fraction of sp³-hybridized carbons (Fsp3) is 0.737. The van der Waals surface area contributed by atoms with Crippen LogP contribution in [0.15, 0.2) is 24.8 Å². The summed E-state index contributed by atoms with van der Waals surface area (Å²) >= 11 is 0. The highest BCUT2D eigenvalue weighted by atomic mass is 16.5. The molecular weight excluding hydrogens is 260 g/mol. The molecule has 0 radical (unpaired) electrons. The third-order valence-corrected chi connectivity index (χ3v) is 3.55. The lowest BCUT2D eigenvalue weighted by Crippen LogP contribution is -2.01. The SMILES string of the molecule is C=CC(=O)OCCCCCCCCCCC/C=C/CCC. The minimum Gasteiger partial charge on any atom is -0.463 e. The van der Waals surface area contributed by atoms with Gasteiger partial charge in [-0.25, -0.2) is 4.79 Å². The molecule has 21 heavy (non-hydrogen) atoms. The molecule has 2 heteroatoms. The zero-order valence-corrected chi connectivity index (χ0v) is 13.9. The zero-order chi connectivity index (χ0) is 15.6. The molecule has 0 unspecified atom stereocenters. The molecule has 0 fully saturated rings. The van der Waals surface area contributed by atoms with Crippen LogP contribution in [0, 0.1) is 0 Å². The van der Waals surface area contributed by atoms with Crippen molar-refractivity contribution in [3.63, 3.8) is 0 Å². The van der Waals surface area contributed by atoms with E-state index in [0.717, 1.165) is 12.8 Å². The maximum Gasteiger partial charge on any atom is 0.330 e. The number of hydrogen-bond donors (Lipinski definition) is 0. The first-order chi connectivity index (χ1) is 10.3. The molecule has 0 aromatic heterocycles. The number of carbonyl (C=O) groups excluding carboxylic acids is 1. The van der Waals surface area contributed by atoms with Gasteiger partial charge in [-0.3, -0.25) is 0 Å². The first-order valence-electron chi connectivity index (χ1n) is 8.75. The minimum absolute atomic E-state index is 0.306. The van der Waals surface area contributed by atoms with E-state index in [1.54, 1.807) is 0 Å². The largest absolute Gasteiger partial charge is 0.463 e. The summed E-state index contributed by atoms with van der Waals surface area (Å²) in [5, 5.41) is 0.